The van der Waals surface area contributed by atoms with Crippen LogP contribution < -0.4 is 0 Å². The SMILES string of the molecule is C=CCC1(C(=O)O)C=CC(CC=C)(C(=O)O)C(CC=C)(C(=O)O)C1. The number of allylic oxidation sites excluding steroid dienone is 3. The Kier molecular flexibility index (Phi) is 5.55. The summed E-state index contributed by atoms with van der Waals surface area (Å²) in [5, 5.41) is 29.4. The van der Waals surface area contributed by atoms with E-state index in [2.05, 4.69) is 19.7 Å². The lowest BCUT2D eigenvalue weighted by molar-refractivity contribution is -0.176. The summed E-state index contributed by atoms with van der Waals surface area (Å²) in [5.74, 6) is -3.92. The zero-order chi connectivity index (χ0) is 18.6. The van der Waals surface area contributed by atoms with Gasteiger partial charge in [0.05, 0.1) is 10.8 Å². The van der Waals surface area contributed by atoms with Crippen LogP contribution in [0.5, 0.6) is 0 Å². The second-order valence-corrected chi connectivity index (χ2v) is 6.11. The maximum absolute atomic E-state index is 12.2. The zero-order valence-corrected chi connectivity index (χ0v) is 13.4. The Balaban J connectivity index is 3.81. The molecule has 0 saturated heterocycles. The van der Waals surface area contributed by atoms with Crippen molar-refractivity contribution in [2.75, 3.05) is 0 Å². The van der Waals surface area contributed by atoms with Gasteiger partial charge in [0.1, 0.15) is 5.41 Å². The average Bonchev–Trinajstić information content (AvgIpc) is 2.49. The normalized spacial score (nSPS) is 31.8. The summed E-state index contributed by atoms with van der Waals surface area (Å²) in [5.41, 5.74) is -5.18. The first kappa shape index (κ1) is 19.4. The topological polar surface area (TPSA) is 112 Å². The molecular weight excluding hydrogens is 312 g/mol. The molecule has 130 valence electrons. The van der Waals surface area contributed by atoms with Crippen molar-refractivity contribution in [3.8, 4) is 0 Å². The Morgan fingerprint density at radius 3 is 1.75 bits per heavy atom. The Labute approximate surface area is 140 Å². The highest BCUT2D eigenvalue weighted by atomic mass is 16.4. The average molecular weight is 334 g/mol. The molecule has 0 radical (unpaired) electrons. The van der Waals surface area contributed by atoms with Gasteiger partial charge in [0.2, 0.25) is 0 Å². The molecule has 3 N–H and O–H groups in total. The Bertz CT molecular complexity index is 619. The Morgan fingerprint density at radius 2 is 1.38 bits per heavy atom. The van der Waals surface area contributed by atoms with Gasteiger partial charge in [-0.15, -0.1) is 19.7 Å². The highest BCUT2D eigenvalue weighted by Crippen LogP contribution is 2.58. The molecule has 0 amide bonds. The van der Waals surface area contributed by atoms with Crippen LogP contribution in [0.2, 0.25) is 0 Å². The lowest BCUT2D eigenvalue weighted by Crippen LogP contribution is -2.57. The molecule has 0 bridgehead atoms. The fraction of sp³-hybridized carbons (Fsp3) is 0.389. The lowest BCUT2D eigenvalue weighted by Gasteiger charge is -2.49. The number of carbonyl (C=O) groups is 3. The van der Waals surface area contributed by atoms with Crippen LogP contribution in [0.25, 0.3) is 0 Å². The molecule has 0 aromatic carbocycles. The monoisotopic (exact) mass is 334 g/mol. The van der Waals surface area contributed by atoms with Gasteiger partial charge < -0.3 is 15.3 Å². The molecule has 0 aromatic heterocycles. The van der Waals surface area contributed by atoms with Crippen molar-refractivity contribution in [2.24, 2.45) is 16.2 Å². The third-order valence-corrected chi connectivity index (χ3v) is 4.84. The highest BCUT2D eigenvalue weighted by molar-refractivity contribution is 5.91. The van der Waals surface area contributed by atoms with Crippen molar-refractivity contribution in [2.45, 2.75) is 25.7 Å². The third kappa shape index (κ3) is 2.68. The predicted octanol–water partition coefficient (Wildman–Crippen LogP) is 2.89. The van der Waals surface area contributed by atoms with Crippen LogP contribution in [-0.2, 0) is 14.4 Å². The smallest absolute Gasteiger partial charge is 0.315 e. The minimum atomic E-state index is -1.86. The number of hydrogen-bond acceptors (Lipinski definition) is 3. The molecule has 6 heteroatoms. The first-order valence-electron chi connectivity index (χ1n) is 7.41. The second kappa shape index (κ2) is 6.86. The van der Waals surface area contributed by atoms with E-state index in [1.54, 1.807) is 0 Å². The van der Waals surface area contributed by atoms with Crippen molar-refractivity contribution >= 4 is 17.9 Å². The number of rotatable bonds is 9. The van der Waals surface area contributed by atoms with Gasteiger partial charge in [0.25, 0.3) is 0 Å². The van der Waals surface area contributed by atoms with Crippen LogP contribution in [0.4, 0.5) is 0 Å². The molecule has 6 nitrogen and oxygen atoms in total. The van der Waals surface area contributed by atoms with E-state index < -0.39 is 34.2 Å². The number of hydrogen-bond donors (Lipinski definition) is 3. The maximum Gasteiger partial charge on any atom is 0.315 e. The van der Waals surface area contributed by atoms with Crippen molar-refractivity contribution < 1.29 is 29.7 Å². The third-order valence-electron chi connectivity index (χ3n) is 4.84. The zero-order valence-electron chi connectivity index (χ0n) is 13.4. The molecule has 0 aliphatic heterocycles. The van der Waals surface area contributed by atoms with Gasteiger partial charge in [-0.05, 0) is 25.7 Å². The minimum Gasteiger partial charge on any atom is -0.481 e. The summed E-state index contributed by atoms with van der Waals surface area (Å²) in [7, 11) is 0. The molecule has 0 spiro atoms. The standard InChI is InChI=1S/C18H22O6/c1-4-7-16(13(19)20)10-11-17(8-5-2,14(21)22)18(12-16,9-6-3)15(23)24/h4-6,10-11H,1-3,7-9,12H2,(H,19,20)(H,21,22)(H,23,24). The van der Waals surface area contributed by atoms with E-state index in [-0.39, 0.29) is 25.7 Å². The summed E-state index contributed by atoms with van der Waals surface area (Å²) in [6, 6.07) is 0. The summed E-state index contributed by atoms with van der Waals surface area (Å²) in [6.45, 7) is 10.6. The molecule has 3 unspecified atom stereocenters. The van der Waals surface area contributed by atoms with Gasteiger partial charge in [0, 0.05) is 0 Å². The highest BCUT2D eigenvalue weighted by Gasteiger charge is 2.64. The number of aliphatic carboxylic acids is 3. The first-order chi connectivity index (χ1) is 11.2. The van der Waals surface area contributed by atoms with Crippen LogP contribution in [-0.4, -0.2) is 33.2 Å². The van der Waals surface area contributed by atoms with Crippen molar-refractivity contribution in [1.82, 2.24) is 0 Å². The quantitative estimate of drug-likeness (QED) is 0.559. The fourth-order valence-corrected chi connectivity index (χ4v) is 3.56. The Hall–Kier alpha value is -2.63. The van der Waals surface area contributed by atoms with Crippen LogP contribution >= 0.6 is 0 Å². The number of carboxylic acids is 3. The lowest BCUT2D eigenvalue weighted by atomic mass is 9.50. The van der Waals surface area contributed by atoms with E-state index in [4.69, 9.17) is 0 Å². The maximum atomic E-state index is 12.2. The van der Waals surface area contributed by atoms with E-state index in [1.807, 2.05) is 0 Å². The van der Waals surface area contributed by atoms with Crippen LogP contribution in [0, 0.1) is 16.2 Å². The molecule has 1 aliphatic carbocycles. The molecule has 0 saturated carbocycles. The molecule has 0 aromatic rings. The van der Waals surface area contributed by atoms with Gasteiger partial charge in [-0.3, -0.25) is 14.4 Å². The molecule has 0 heterocycles. The summed E-state index contributed by atoms with van der Waals surface area (Å²) in [6.07, 6.45) is 5.83. The molecule has 1 rings (SSSR count). The van der Waals surface area contributed by atoms with E-state index in [0.717, 1.165) is 0 Å². The van der Waals surface area contributed by atoms with Gasteiger partial charge >= 0.3 is 17.9 Å². The van der Waals surface area contributed by atoms with E-state index in [9.17, 15) is 29.7 Å². The van der Waals surface area contributed by atoms with Crippen LogP contribution in [0.15, 0.2) is 50.1 Å². The summed E-state index contributed by atoms with van der Waals surface area (Å²) in [4.78, 5) is 36.0. The van der Waals surface area contributed by atoms with Crippen molar-refractivity contribution in [3.63, 3.8) is 0 Å². The van der Waals surface area contributed by atoms with Gasteiger partial charge in [-0.2, -0.15) is 0 Å². The van der Waals surface area contributed by atoms with Crippen LogP contribution in [0.1, 0.15) is 25.7 Å². The van der Waals surface area contributed by atoms with Gasteiger partial charge in [-0.1, -0.05) is 30.4 Å². The van der Waals surface area contributed by atoms with Gasteiger partial charge in [-0.25, -0.2) is 0 Å². The molecule has 24 heavy (non-hydrogen) atoms. The molecular formula is C18H22O6. The van der Waals surface area contributed by atoms with E-state index in [0.29, 0.717) is 0 Å². The fourth-order valence-electron chi connectivity index (χ4n) is 3.56. The molecule has 0 fully saturated rings. The van der Waals surface area contributed by atoms with E-state index >= 15 is 0 Å². The van der Waals surface area contributed by atoms with Crippen LogP contribution in [0.3, 0.4) is 0 Å². The minimum absolute atomic E-state index is 0.00516. The first-order valence-corrected chi connectivity index (χ1v) is 7.41. The predicted molar refractivity (Wildman–Crippen MR) is 88.4 cm³/mol. The van der Waals surface area contributed by atoms with Crippen molar-refractivity contribution in [1.29, 1.82) is 0 Å². The van der Waals surface area contributed by atoms with Gasteiger partial charge in [0.15, 0.2) is 0 Å². The summed E-state index contributed by atoms with van der Waals surface area (Å²) >= 11 is 0. The molecule has 3 atom stereocenters. The number of carboxylic acid groups (broad SMARTS) is 3. The second-order valence-electron chi connectivity index (χ2n) is 6.11. The largest absolute Gasteiger partial charge is 0.481 e. The Morgan fingerprint density at radius 1 is 0.833 bits per heavy atom. The molecule has 1 aliphatic rings. The summed E-state index contributed by atoms with van der Waals surface area (Å²) < 4.78 is 0. The van der Waals surface area contributed by atoms with E-state index in [1.165, 1.54) is 30.4 Å². The van der Waals surface area contributed by atoms with Crippen molar-refractivity contribution in [3.05, 3.63) is 50.1 Å².